The number of hydrogen-bond donors (Lipinski definition) is 2. The summed E-state index contributed by atoms with van der Waals surface area (Å²) in [4.78, 5) is 12.4. The van der Waals surface area contributed by atoms with Crippen LogP contribution < -0.4 is 10.1 Å². The summed E-state index contributed by atoms with van der Waals surface area (Å²) in [5, 5.41) is 12.3. The Hall–Kier alpha value is -4.09. The van der Waals surface area contributed by atoms with Crippen molar-refractivity contribution < 1.29 is 22.4 Å². The minimum Gasteiger partial charge on any atom is -0.496 e. The van der Waals surface area contributed by atoms with Gasteiger partial charge in [0.2, 0.25) is 0 Å². The predicted molar refractivity (Wildman–Crippen MR) is 133 cm³/mol. The molecule has 2 N–H and O–H groups in total. The van der Waals surface area contributed by atoms with Gasteiger partial charge in [0.05, 0.1) is 29.3 Å². The number of anilines is 2. The minimum absolute atomic E-state index is 0.160. The molecule has 0 amide bonds. The van der Waals surface area contributed by atoms with Crippen molar-refractivity contribution in [3.05, 3.63) is 41.2 Å². The quantitative estimate of drug-likeness (QED) is 0.286. The molecule has 0 aliphatic carbocycles. The molecule has 5 aromatic rings. The number of aromatic amines is 1. The first-order valence-corrected chi connectivity index (χ1v) is 11.5. The Morgan fingerprint density at radius 2 is 1.78 bits per heavy atom. The molecule has 0 atom stereocenters. The summed E-state index contributed by atoms with van der Waals surface area (Å²) in [7, 11) is 1.57. The van der Waals surface area contributed by atoms with Gasteiger partial charge in [0, 0.05) is 22.5 Å². The molecule has 0 saturated carbocycles. The monoisotopic (exact) mass is 513 g/mol. The normalized spacial score (nSPS) is 12.6. The number of alkyl halides is 3. The van der Waals surface area contributed by atoms with E-state index in [0.717, 1.165) is 33.8 Å². The molecule has 5 rings (SSSR count). The molecule has 37 heavy (non-hydrogen) atoms. The van der Waals surface area contributed by atoms with Crippen LogP contribution in [0.25, 0.3) is 33.1 Å². The Morgan fingerprint density at radius 1 is 1.05 bits per heavy atom. The molecule has 1 aromatic carbocycles. The summed E-state index contributed by atoms with van der Waals surface area (Å²) in [6.07, 6.45) is -4.59. The predicted octanol–water partition coefficient (Wildman–Crippen LogP) is 6.41. The number of aryl methyl sites for hydroxylation is 3. The van der Waals surface area contributed by atoms with E-state index in [4.69, 9.17) is 9.26 Å². The van der Waals surface area contributed by atoms with Gasteiger partial charge < -0.3 is 19.6 Å². The van der Waals surface area contributed by atoms with E-state index in [2.05, 4.69) is 30.5 Å². The van der Waals surface area contributed by atoms with Crippen LogP contribution in [0.4, 0.5) is 24.8 Å². The molecule has 0 unspecified atom stereocenters. The maximum atomic E-state index is 13.5. The van der Waals surface area contributed by atoms with E-state index in [0.29, 0.717) is 34.2 Å². The van der Waals surface area contributed by atoms with Crippen molar-refractivity contribution in [3.8, 4) is 16.9 Å². The first-order valence-electron chi connectivity index (χ1n) is 11.5. The highest BCUT2D eigenvalue weighted by Crippen LogP contribution is 2.41. The Labute approximate surface area is 210 Å². The fraction of sp³-hybridized carbons (Fsp3) is 0.360. The zero-order chi connectivity index (χ0) is 26.9. The average Bonchev–Trinajstić information content (AvgIpc) is 3.46. The number of nitrogens with zero attached hydrogens (tertiary/aromatic N) is 5. The molecule has 194 valence electrons. The smallest absolute Gasteiger partial charge is 0.435 e. The van der Waals surface area contributed by atoms with Gasteiger partial charge in [-0.2, -0.15) is 18.3 Å². The number of H-pyrrole nitrogens is 1. The van der Waals surface area contributed by atoms with Gasteiger partial charge in [0.15, 0.2) is 5.69 Å². The molecule has 0 spiro atoms. The maximum absolute atomic E-state index is 13.5. The van der Waals surface area contributed by atoms with Crippen LogP contribution >= 0.6 is 0 Å². The summed E-state index contributed by atoms with van der Waals surface area (Å²) in [5.74, 6) is 2.18. The van der Waals surface area contributed by atoms with Crippen molar-refractivity contribution in [2.75, 3.05) is 12.4 Å². The van der Waals surface area contributed by atoms with Crippen molar-refractivity contribution in [3.63, 3.8) is 0 Å². The van der Waals surface area contributed by atoms with Crippen molar-refractivity contribution in [2.24, 2.45) is 0 Å². The van der Waals surface area contributed by atoms with E-state index in [1.54, 1.807) is 34.8 Å². The van der Waals surface area contributed by atoms with Crippen LogP contribution in [0.3, 0.4) is 0 Å². The molecule has 0 fully saturated rings. The van der Waals surface area contributed by atoms with E-state index in [1.807, 2.05) is 26.0 Å². The second-order valence-corrected chi connectivity index (χ2v) is 9.89. The third-order valence-corrected chi connectivity index (χ3v) is 6.07. The van der Waals surface area contributed by atoms with Crippen molar-refractivity contribution in [1.29, 1.82) is 0 Å². The lowest BCUT2D eigenvalue weighted by Crippen LogP contribution is -2.25. The molecular formula is C25H26F3N7O2. The van der Waals surface area contributed by atoms with Crippen LogP contribution in [-0.4, -0.2) is 37.0 Å². The molecule has 4 aromatic heterocycles. The summed E-state index contributed by atoms with van der Waals surface area (Å²) >= 11 is 0. The largest absolute Gasteiger partial charge is 0.496 e. The number of methoxy groups -OCH3 is 1. The molecule has 0 aliphatic heterocycles. The highest BCUT2D eigenvalue weighted by Gasteiger charge is 2.36. The molecule has 0 bridgehead atoms. The number of aromatic nitrogens is 6. The number of hydrogen-bond acceptors (Lipinski definition) is 7. The second kappa shape index (κ2) is 8.22. The minimum atomic E-state index is -4.59. The van der Waals surface area contributed by atoms with Gasteiger partial charge in [0.25, 0.3) is 0 Å². The molecule has 12 heteroatoms. The topological polar surface area (TPSA) is 107 Å². The van der Waals surface area contributed by atoms with Gasteiger partial charge in [-0.3, -0.25) is 0 Å². The standard InChI is InChI=1S/C25H26F3N7O2/c1-11-20(12(2)37-34-11)15-8-16-14(9-17(15)36-7)21-22(31-16)29-13(3)30-23(21)32-19-10-18(25(26,27)28)33-35(19)24(4,5)6/h8-10H,1-7H3,(H2,29,30,31,32). The fourth-order valence-electron chi connectivity index (χ4n) is 4.50. The summed E-state index contributed by atoms with van der Waals surface area (Å²) < 4.78 is 52.9. The van der Waals surface area contributed by atoms with E-state index in [-0.39, 0.29) is 5.82 Å². The van der Waals surface area contributed by atoms with Crippen LogP contribution in [-0.2, 0) is 11.7 Å². The SMILES string of the molecule is COc1cc2c(cc1-c1c(C)noc1C)[nH]c1nc(C)nc(Nc3cc(C(F)(F)F)nn3C(C)(C)C)c12. The van der Waals surface area contributed by atoms with Crippen molar-refractivity contribution in [1.82, 2.24) is 29.9 Å². The van der Waals surface area contributed by atoms with Gasteiger partial charge in [0.1, 0.15) is 34.6 Å². The first kappa shape index (κ1) is 24.6. The van der Waals surface area contributed by atoms with E-state index < -0.39 is 17.4 Å². The molecular weight excluding hydrogens is 487 g/mol. The van der Waals surface area contributed by atoms with Crippen LogP contribution in [0.2, 0.25) is 0 Å². The van der Waals surface area contributed by atoms with Gasteiger partial charge in [-0.25, -0.2) is 14.6 Å². The Balaban J connectivity index is 1.73. The zero-order valence-corrected chi connectivity index (χ0v) is 21.4. The number of ether oxygens (including phenoxy) is 1. The Bertz CT molecular complexity index is 1640. The molecule has 4 heterocycles. The lowest BCUT2D eigenvalue weighted by atomic mass is 10.0. The lowest BCUT2D eigenvalue weighted by molar-refractivity contribution is -0.141. The van der Waals surface area contributed by atoms with Crippen LogP contribution in [0.1, 0.15) is 43.7 Å². The average molecular weight is 514 g/mol. The maximum Gasteiger partial charge on any atom is 0.435 e. The first-order chi connectivity index (χ1) is 17.3. The highest BCUT2D eigenvalue weighted by atomic mass is 19.4. The number of benzene rings is 1. The van der Waals surface area contributed by atoms with Gasteiger partial charge in [-0.1, -0.05) is 5.16 Å². The summed E-state index contributed by atoms with van der Waals surface area (Å²) in [6.45, 7) is 10.7. The number of rotatable bonds is 4. The van der Waals surface area contributed by atoms with Gasteiger partial charge >= 0.3 is 6.18 Å². The molecule has 0 saturated heterocycles. The van der Waals surface area contributed by atoms with Crippen molar-refractivity contribution in [2.45, 2.75) is 53.3 Å². The van der Waals surface area contributed by atoms with Crippen LogP contribution in [0.15, 0.2) is 22.7 Å². The van der Waals surface area contributed by atoms with E-state index in [1.165, 1.54) is 4.68 Å². The second-order valence-electron chi connectivity index (χ2n) is 9.89. The van der Waals surface area contributed by atoms with E-state index >= 15 is 0 Å². The number of fused-ring (bicyclic) bond motifs is 3. The Morgan fingerprint density at radius 3 is 2.38 bits per heavy atom. The lowest BCUT2D eigenvalue weighted by Gasteiger charge is -2.22. The van der Waals surface area contributed by atoms with Gasteiger partial charge in [-0.05, 0) is 53.7 Å². The molecule has 0 aliphatic rings. The van der Waals surface area contributed by atoms with Crippen LogP contribution in [0, 0.1) is 20.8 Å². The molecule has 0 radical (unpaired) electrons. The summed E-state index contributed by atoms with van der Waals surface area (Å²) in [6, 6.07) is 4.75. The summed E-state index contributed by atoms with van der Waals surface area (Å²) in [5.41, 5.74) is 1.90. The van der Waals surface area contributed by atoms with Crippen LogP contribution in [0.5, 0.6) is 5.75 Å². The molecule has 9 nitrogen and oxygen atoms in total. The van der Waals surface area contributed by atoms with Gasteiger partial charge in [-0.15, -0.1) is 0 Å². The number of nitrogens with one attached hydrogen (secondary N) is 2. The van der Waals surface area contributed by atoms with E-state index in [9.17, 15) is 13.2 Å². The Kier molecular flexibility index (Phi) is 5.46. The fourth-order valence-corrected chi connectivity index (χ4v) is 4.50. The van der Waals surface area contributed by atoms with Crippen molar-refractivity contribution >= 4 is 33.6 Å². The highest BCUT2D eigenvalue weighted by molar-refractivity contribution is 6.13. The zero-order valence-electron chi connectivity index (χ0n) is 21.4. The number of halogens is 3. The third-order valence-electron chi connectivity index (χ3n) is 6.07. The third kappa shape index (κ3) is 4.15.